The van der Waals surface area contributed by atoms with Gasteiger partial charge in [-0.25, -0.2) is 0 Å². The standard InChI is InChI=1S/C11H14N2O2/c1-14-11(15-2)8-13-10-5-3-4-9(6-10)7-12/h3-6,11,13H,8H2,1-2H3. The van der Waals surface area contributed by atoms with Gasteiger partial charge in [-0.3, -0.25) is 0 Å². The molecule has 15 heavy (non-hydrogen) atoms. The molecular weight excluding hydrogens is 192 g/mol. The van der Waals surface area contributed by atoms with Gasteiger partial charge in [-0.2, -0.15) is 5.26 Å². The minimum atomic E-state index is -0.282. The molecule has 0 heterocycles. The maximum atomic E-state index is 8.70. The molecule has 0 amide bonds. The highest BCUT2D eigenvalue weighted by molar-refractivity contribution is 5.49. The number of nitriles is 1. The third-order valence-corrected chi connectivity index (χ3v) is 1.99. The summed E-state index contributed by atoms with van der Waals surface area (Å²) in [5, 5.41) is 11.8. The fraction of sp³-hybridized carbons (Fsp3) is 0.364. The Labute approximate surface area is 89.4 Å². The second-order valence-electron chi connectivity index (χ2n) is 2.97. The van der Waals surface area contributed by atoms with Crippen LogP contribution in [0.4, 0.5) is 5.69 Å². The van der Waals surface area contributed by atoms with Crippen molar-refractivity contribution in [1.29, 1.82) is 5.26 Å². The highest BCUT2D eigenvalue weighted by atomic mass is 16.7. The summed E-state index contributed by atoms with van der Waals surface area (Å²) < 4.78 is 10.1. The number of hydrogen-bond donors (Lipinski definition) is 1. The van der Waals surface area contributed by atoms with Crippen LogP contribution in [0.1, 0.15) is 5.56 Å². The lowest BCUT2D eigenvalue weighted by molar-refractivity contribution is -0.0914. The van der Waals surface area contributed by atoms with E-state index in [9.17, 15) is 0 Å². The molecule has 0 unspecified atom stereocenters. The Bertz CT molecular complexity index is 343. The molecule has 1 aromatic rings. The van der Waals surface area contributed by atoms with Crippen LogP contribution in [0, 0.1) is 11.3 Å². The molecule has 1 N–H and O–H groups in total. The summed E-state index contributed by atoms with van der Waals surface area (Å²) in [4.78, 5) is 0. The average molecular weight is 206 g/mol. The quantitative estimate of drug-likeness (QED) is 0.743. The van der Waals surface area contributed by atoms with Crippen LogP contribution in [0.5, 0.6) is 0 Å². The molecule has 0 aliphatic rings. The molecule has 0 saturated heterocycles. The second-order valence-corrected chi connectivity index (χ2v) is 2.97. The smallest absolute Gasteiger partial charge is 0.173 e. The minimum Gasteiger partial charge on any atom is -0.380 e. The van der Waals surface area contributed by atoms with Gasteiger partial charge < -0.3 is 14.8 Å². The Morgan fingerprint density at radius 3 is 2.73 bits per heavy atom. The van der Waals surface area contributed by atoms with E-state index in [1.165, 1.54) is 0 Å². The van der Waals surface area contributed by atoms with E-state index in [1.807, 2.05) is 12.1 Å². The van der Waals surface area contributed by atoms with E-state index in [2.05, 4.69) is 11.4 Å². The van der Waals surface area contributed by atoms with Crippen LogP contribution >= 0.6 is 0 Å². The van der Waals surface area contributed by atoms with E-state index in [1.54, 1.807) is 26.4 Å². The molecule has 0 fully saturated rings. The molecule has 1 rings (SSSR count). The van der Waals surface area contributed by atoms with Gasteiger partial charge in [0, 0.05) is 19.9 Å². The number of nitrogens with zero attached hydrogens (tertiary/aromatic N) is 1. The summed E-state index contributed by atoms with van der Waals surface area (Å²) in [6.07, 6.45) is -0.282. The maximum absolute atomic E-state index is 8.70. The summed E-state index contributed by atoms with van der Waals surface area (Å²) >= 11 is 0. The normalized spacial score (nSPS) is 10.0. The molecule has 0 aliphatic carbocycles. The molecule has 0 atom stereocenters. The number of ether oxygens (including phenoxy) is 2. The Balaban J connectivity index is 2.54. The zero-order valence-corrected chi connectivity index (χ0v) is 8.86. The topological polar surface area (TPSA) is 54.3 Å². The summed E-state index contributed by atoms with van der Waals surface area (Å²) in [6.45, 7) is 0.544. The van der Waals surface area contributed by atoms with Gasteiger partial charge in [-0.15, -0.1) is 0 Å². The average Bonchev–Trinajstić information content (AvgIpc) is 2.31. The lowest BCUT2D eigenvalue weighted by atomic mass is 10.2. The SMILES string of the molecule is COC(CNc1cccc(C#N)c1)OC. The van der Waals surface area contributed by atoms with Crippen molar-refractivity contribution < 1.29 is 9.47 Å². The van der Waals surface area contributed by atoms with Crippen LogP contribution in [0.2, 0.25) is 0 Å². The van der Waals surface area contributed by atoms with Gasteiger partial charge >= 0.3 is 0 Å². The van der Waals surface area contributed by atoms with Gasteiger partial charge in [0.25, 0.3) is 0 Å². The Hall–Kier alpha value is -1.57. The first-order valence-electron chi connectivity index (χ1n) is 4.59. The molecule has 0 aromatic heterocycles. The predicted molar refractivity (Wildman–Crippen MR) is 57.5 cm³/mol. The van der Waals surface area contributed by atoms with Crippen molar-refractivity contribution in [2.24, 2.45) is 0 Å². The summed E-state index contributed by atoms with van der Waals surface area (Å²) in [5.74, 6) is 0. The van der Waals surface area contributed by atoms with Gasteiger partial charge in [0.05, 0.1) is 18.2 Å². The first-order valence-corrected chi connectivity index (χ1v) is 4.59. The van der Waals surface area contributed by atoms with Crippen molar-refractivity contribution in [3.8, 4) is 6.07 Å². The molecule has 1 aromatic carbocycles. The molecule has 80 valence electrons. The minimum absolute atomic E-state index is 0.282. The first-order chi connectivity index (χ1) is 7.30. The van der Waals surface area contributed by atoms with Crippen LogP contribution in [-0.2, 0) is 9.47 Å². The number of nitrogens with one attached hydrogen (secondary N) is 1. The van der Waals surface area contributed by atoms with Crippen LogP contribution in [0.15, 0.2) is 24.3 Å². The Kier molecular flexibility index (Phi) is 4.61. The van der Waals surface area contributed by atoms with Gasteiger partial charge in [0.2, 0.25) is 0 Å². The monoisotopic (exact) mass is 206 g/mol. The van der Waals surface area contributed by atoms with Crippen LogP contribution < -0.4 is 5.32 Å². The fourth-order valence-electron chi connectivity index (χ4n) is 1.16. The van der Waals surface area contributed by atoms with Gasteiger partial charge in [-0.05, 0) is 18.2 Å². The zero-order valence-electron chi connectivity index (χ0n) is 8.86. The second kappa shape index (κ2) is 6.02. The van der Waals surface area contributed by atoms with Crippen molar-refractivity contribution in [3.63, 3.8) is 0 Å². The Morgan fingerprint density at radius 1 is 1.40 bits per heavy atom. The molecular formula is C11H14N2O2. The van der Waals surface area contributed by atoms with Gasteiger partial charge in [0.1, 0.15) is 0 Å². The van der Waals surface area contributed by atoms with Crippen molar-refractivity contribution >= 4 is 5.69 Å². The third kappa shape index (κ3) is 3.58. The van der Waals surface area contributed by atoms with E-state index in [0.29, 0.717) is 12.1 Å². The lowest BCUT2D eigenvalue weighted by Crippen LogP contribution is -2.23. The molecule has 0 radical (unpaired) electrons. The van der Waals surface area contributed by atoms with Crippen LogP contribution in [-0.4, -0.2) is 27.1 Å². The van der Waals surface area contributed by atoms with E-state index < -0.39 is 0 Å². The third-order valence-electron chi connectivity index (χ3n) is 1.99. The molecule has 0 saturated carbocycles. The van der Waals surface area contributed by atoms with Crippen molar-refractivity contribution in [1.82, 2.24) is 0 Å². The van der Waals surface area contributed by atoms with Gasteiger partial charge in [0.15, 0.2) is 6.29 Å². The van der Waals surface area contributed by atoms with Crippen LogP contribution in [0.25, 0.3) is 0 Å². The summed E-state index contributed by atoms with van der Waals surface area (Å²) in [6, 6.07) is 9.34. The van der Waals surface area contributed by atoms with Crippen LogP contribution in [0.3, 0.4) is 0 Å². The van der Waals surface area contributed by atoms with Gasteiger partial charge in [-0.1, -0.05) is 6.07 Å². The fourth-order valence-corrected chi connectivity index (χ4v) is 1.16. The number of anilines is 1. The molecule has 0 aliphatic heterocycles. The largest absolute Gasteiger partial charge is 0.380 e. The molecule has 4 nitrogen and oxygen atoms in total. The first kappa shape index (κ1) is 11.5. The van der Waals surface area contributed by atoms with Crippen molar-refractivity contribution in [2.75, 3.05) is 26.1 Å². The van der Waals surface area contributed by atoms with Crippen molar-refractivity contribution in [2.45, 2.75) is 6.29 Å². The van der Waals surface area contributed by atoms with E-state index >= 15 is 0 Å². The molecule has 4 heteroatoms. The highest BCUT2D eigenvalue weighted by Crippen LogP contribution is 2.09. The molecule has 0 spiro atoms. The Morgan fingerprint density at radius 2 is 2.13 bits per heavy atom. The number of benzene rings is 1. The number of methoxy groups -OCH3 is 2. The van der Waals surface area contributed by atoms with Crippen molar-refractivity contribution in [3.05, 3.63) is 29.8 Å². The highest BCUT2D eigenvalue weighted by Gasteiger charge is 2.03. The van der Waals surface area contributed by atoms with E-state index in [0.717, 1.165) is 5.69 Å². The summed E-state index contributed by atoms with van der Waals surface area (Å²) in [5.41, 5.74) is 1.51. The zero-order chi connectivity index (χ0) is 11.1. The number of hydrogen-bond acceptors (Lipinski definition) is 4. The lowest BCUT2D eigenvalue weighted by Gasteiger charge is -2.14. The summed E-state index contributed by atoms with van der Waals surface area (Å²) in [7, 11) is 3.17. The maximum Gasteiger partial charge on any atom is 0.173 e. The molecule has 0 bridgehead atoms. The predicted octanol–water partition coefficient (Wildman–Crippen LogP) is 1.59. The number of rotatable bonds is 5. The van der Waals surface area contributed by atoms with E-state index in [-0.39, 0.29) is 6.29 Å². The van der Waals surface area contributed by atoms with E-state index in [4.69, 9.17) is 14.7 Å².